The molecular formula is C22H30O8. The van der Waals surface area contributed by atoms with E-state index in [1.165, 1.54) is 12.1 Å². The first-order chi connectivity index (χ1) is 14.4. The van der Waals surface area contributed by atoms with Gasteiger partial charge in [-0.3, -0.25) is 14.4 Å². The molecule has 1 aromatic carbocycles. The van der Waals surface area contributed by atoms with Gasteiger partial charge in [-0.25, -0.2) is 4.79 Å². The van der Waals surface area contributed by atoms with Crippen molar-refractivity contribution in [1.29, 1.82) is 0 Å². The molecule has 8 heteroatoms. The third-order valence-corrected chi connectivity index (χ3v) is 3.72. The summed E-state index contributed by atoms with van der Waals surface area (Å²) in [5.41, 5.74) is 0.0114. The van der Waals surface area contributed by atoms with Crippen LogP contribution in [0.1, 0.15) is 83.0 Å². The second kappa shape index (κ2) is 13.3. The number of benzene rings is 1. The molecule has 0 radical (unpaired) electrons. The van der Waals surface area contributed by atoms with Gasteiger partial charge in [-0.2, -0.15) is 0 Å². The fraction of sp³-hybridized carbons (Fsp3) is 0.545. The first kappa shape index (κ1) is 25.1. The molecule has 0 spiro atoms. The van der Waals surface area contributed by atoms with Crippen LogP contribution < -0.4 is 14.2 Å². The number of esters is 4. The van der Waals surface area contributed by atoms with Gasteiger partial charge in [-0.15, -0.1) is 0 Å². The van der Waals surface area contributed by atoms with E-state index in [0.29, 0.717) is 25.7 Å². The second-order valence-corrected chi connectivity index (χ2v) is 6.61. The van der Waals surface area contributed by atoms with Crippen LogP contribution in [0.5, 0.6) is 17.2 Å². The summed E-state index contributed by atoms with van der Waals surface area (Å²) in [6.07, 6.45) is 2.60. The molecular weight excluding hydrogens is 392 g/mol. The van der Waals surface area contributed by atoms with Crippen molar-refractivity contribution in [2.24, 2.45) is 0 Å². The maximum atomic E-state index is 12.4. The van der Waals surface area contributed by atoms with Crippen LogP contribution in [0.4, 0.5) is 0 Å². The fourth-order valence-electron chi connectivity index (χ4n) is 2.35. The van der Waals surface area contributed by atoms with Crippen LogP contribution >= 0.6 is 0 Å². The van der Waals surface area contributed by atoms with Crippen molar-refractivity contribution in [2.75, 3.05) is 6.61 Å². The molecule has 0 atom stereocenters. The monoisotopic (exact) mass is 422 g/mol. The summed E-state index contributed by atoms with van der Waals surface area (Å²) < 4.78 is 21.1. The minimum Gasteiger partial charge on any atom is -0.462 e. The van der Waals surface area contributed by atoms with E-state index in [0.717, 1.165) is 0 Å². The quantitative estimate of drug-likeness (QED) is 0.361. The van der Waals surface area contributed by atoms with Gasteiger partial charge in [0.15, 0.2) is 11.5 Å². The Bertz CT molecular complexity index is 712. The molecule has 0 N–H and O–H groups in total. The molecule has 0 aliphatic heterocycles. The highest BCUT2D eigenvalue weighted by molar-refractivity contribution is 5.92. The van der Waals surface area contributed by atoms with E-state index < -0.39 is 23.9 Å². The third kappa shape index (κ3) is 8.23. The van der Waals surface area contributed by atoms with Crippen molar-refractivity contribution in [1.82, 2.24) is 0 Å². The number of rotatable bonds is 12. The molecule has 30 heavy (non-hydrogen) atoms. The SMILES string of the molecule is CCCOC(=O)c1cc(OC(=O)CCC)c(OC(=O)CCC)c(OC(=O)CCC)c1. The van der Waals surface area contributed by atoms with Gasteiger partial charge in [0.1, 0.15) is 0 Å². The van der Waals surface area contributed by atoms with Gasteiger partial charge in [-0.1, -0.05) is 27.7 Å². The molecule has 0 unspecified atom stereocenters. The number of carbonyl (C=O) groups excluding carboxylic acids is 4. The molecule has 0 aliphatic rings. The van der Waals surface area contributed by atoms with Gasteiger partial charge in [0.2, 0.25) is 5.75 Å². The van der Waals surface area contributed by atoms with E-state index in [2.05, 4.69) is 0 Å². The molecule has 1 aromatic rings. The van der Waals surface area contributed by atoms with Crippen molar-refractivity contribution in [3.05, 3.63) is 17.7 Å². The zero-order valence-corrected chi connectivity index (χ0v) is 18.1. The van der Waals surface area contributed by atoms with Gasteiger partial charge in [-0.05, 0) is 37.8 Å². The highest BCUT2D eigenvalue weighted by Crippen LogP contribution is 2.40. The lowest BCUT2D eigenvalue weighted by atomic mass is 10.1. The average molecular weight is 422 g/mol. The van der Waals surface area contributed by atoms with Gasteiger partial charge >= 0.3 is 23.9 Å². The van der Waals surface area contributed by atoms with Crippen LogP contribution in [0.15, 0.2) is 12.1 Å². The van der Waals surface area contributed by atoms with Crippen LogP contribution in [0, 0.1) is 0 Å². The smallest absolute Gasteiger partial charge is 0.338 e. The van der Waals surface area contributed by atoms with Crippen molar-refractivity contribution in [2.45, 2.75) is 72.6 Å². The van der Waals surface area contributed by atoms with E-state index in [9.17, 15) is 19.2 Å². The van der Waals surface area contributed by atoms with Crippen LogP contribution in [-0.4, -0.2) is 30.5 Å². The van der Waals surface area contributed by atoms with Gasteiger partial charge in [0, 0.05) is 19.3 Å². The minimum atomic E-state index is -0.677. The standard InChI is InChI=1S/C22H30O8/c1-5-9-18(23)28-16-13-15(22(26)27-12-8-4)14-17(29-19(24)10-6-2)21(16)30-20(25)11-7-3/h13-14H,5-12H2,1-4H3. The molecule has 0 saturated carbocycles. The van der Waals surface area contributed by atoms with E-state index in [4.69, 9.17) is 18.9 Å². The minimum absolute atomic E-state index is 0.0114. The Balaban J connectivity index is 3.46. The van der Waals surface area contributed by atoms with Crippen molar-refractivity contribution in [3.63, 3.8) is 0 Å². The zero-order valence-electron chi connectivity index (χ0n) is 18.1. The Labute approximate surface area is 176 Å². The molecule has 0 aromatic heterocycles. The Hall–Kier alpha value is -2.90. The molecule has 8 nitrogen and oxygen atoms in total. The Morgan fingerprint density at radius 2 is 1.10 bits per heavy atom. The highest BCUT2D eigenvalue weighted by atomic mass is 16.6. The molecule has 0 saturated heterocycles. The van der Waals surface area contributed by atoms with E-state index in [1.807, 2.05) is 6.92 Å². The Kier molecular flexibility index (Phi) is 11.2. The third-order valence-electron chi connectivity index (χ3n) is 3.72. The summed E-state index contributed by atoms with van der Waals surface area (Å²) in [6.45, 7) is 7.46. The first-order valence-electron chi connectivity index (χ1n) is 10.3. The van der Waals surface area contributed by atoms with Gasteiger partial charge in [0.05, 0.1) is 12.2 Å². The lowest BCUT2D eigenvalue weighted by Crippen LogP contribution is -2.16. The molecule has 0 bridgehead atoms. The summed E-state index contributed by atoms with van der Waals surface area (Å²) in [5.74, 6) is -2.98. The predicted octanol–water partition coefficient (Wildman–Crippen LogP) is 4.37. The molecule has 0 aliphatic carbocycles. The van der Waals surface area contributed by atoms with Crippen LogP contribution in [0.2, 0.25) is 0 Å². The van der Waals surface area contributed by atoms with Crippen LogP contribution in [0.3, 0.4) is 0 Å². The normalized spacial score (nSPS) is 10.3. The molecule has 0 fully saturated rings. The maximum absolute atomic E-state index is 12.4. The van der Waals surface area contributed by atoms with Gasteiger partial charge in [0.25, 0.3) is 0 Å². The molecule has 166 valence electrons. The number of ether oxygens (including phenoxy) is 4. The van der Waals surface area contributed by atoms with E-state index in [-0.39, 0.29) is 48.7 Å². The summed E-state index contributed by atoms with van der Waals surface area (Å²) in [6, 6.07) is 2.49. The van der Waals surface area contributed by atoms with Crippen LogP contribution in [-0.2, 0) is 19.1 Å². The second-order valence-electron chi connectivity index (χ2n) is 6.61. The average Bonchev–Trinajstić information content (AvgIpc) is 2.68. The first-order valence-corrected chi connectivity index (χ1v) is 10.3. The highest BCUT2D eigenvalue weighted by Gasteiger charge is 2.24. The zero-order chi connectivity index (χ0) is 22.5. The summed E-state index contributed by atoms with van der Waals surface area (Å²) in [7, 11) is 0. The summed E-state index contributed by atoms with van der Waals surface area (Å²) in [5, 5.41) is 0. The summed E-state index contributed by atoms with van der Waals surface area (Å²) in [4.78, 5) is 48.6. The van der Waals surface area contributed by atoms with Crippen molar-refractivity contribution >= 4 is 23.9 Å². The largest absolute Gasteiger partial charge is 0.462 e. The lowest BCUT2D eigenvalue weighted by Gasteiger charge is -2.16. The number of hydrogen-bond acceptors (Lipinski definition) is 8. The van der Waals surface area contributed by atoms with E-state index >= 15 is 0 Å². The Morgan fingerprint density at radius 3 is 1.50 bits per heavy atom. The van der Waals surface area contributed by atoms with Crippen molar-refractivity contribution < 1.29 is 38.1 Å². The summed E-state index contributed by atoms with van der Waals surface area (Å²) >= 11 is 0. The maximum Gasteiger partial charge on any atom is 0.338 e. The molecule has 1 rings (SSSR count). The van der Waals surface area contributed by atoms with E-state index in [1.54, 1.807) is 20.8 Å². The topological polar surface area (TPSA) is 105 Å². The number of hydrogen-bond donors (Lipinski definition) is 0. The van der Waals surface area contributed by atoms with Crippen molar-refractivity contribution in [3.8, 4) is 17.2 Å². The van der Waals surface area contributed by atoms with Gasteiger partial charge < -0.3 is 18.9 Å². The van der Waals surface area contributed by atoms with Crippen LogP contribution in [0.25, 0.3) is 0 Å². The Morgan fingerprint density at radius 1 is 0.667 bits per heavy atom. The molecule has 0 heterocycles. The fourth-order valence-corrected chi connectivity index (χ4v) is 2.35. The predicted molar refractivity (Wildman–Crippen MR) is 109 cm³/mol. The lowest BCUT2D eigenvalue weighted by molar-refractivity contribution is -0.138. The molecule has 0 amide bonds. The number of carbonyl (C=O) groups is 4.